The first-order valence-corrected chi connectivity index (χ1v) is 9.70. The summed E-state index contributed by atoms with van der Waals surface area (Å²) < 4.78 is 17.3. The van der Waals surface area contributed by atoms with E-state index in [1.165, 1.54) is 18.4 Å². The van der Waals surface area contributed by atoms with Crippen LogP contribution in [0.15, 0.2) is 17.7 Å². The molecule has 0 spiro atoms. The van der Waals surface area contributed by atoms with Gasteiger partial charge in [0, 0.05) is 13.5 Å². The molecule has 0 atom stereocenters. The minimum atomic E-state index is -0.806. The molecule has 150 valence electrons. The SMILES string of the molecule is CCCCCc1cc(OCOC)c2c(c1)OC(C)(C)C(CCC(=O)O)=C2C. The molecule has 1 aromatic rings. The van der Waals surface area contributed by atoms with Gasteiger partial charge in [0.2, 0.25) is 0 Å². The van der Waals surface area contributed by atoms with Crippen LogP contribution < -0.4 is 9.47 Å². The lowest BCUT2D eigenvalue weighted by molar-refractivity contribution is -0.137. The van der Waals surface area contributed by atoms with Crippen LogP contribution in [-0.2, 0) is 16.0 Å². The highest BCUT2D eigenvalue weighted by Gasteiger charge is 2.35. The summed E-state index contributed by atoms with van der Waals surface area (Å²) in [6.45, 7) is 8.37. The van der Waals surface area contributed by atoms with Crippen molar-refractivity contribution < 1.29 is 24.1 Å². The summed E-state index contributed by atoms with van der Waals surface area (Å²) in [6, 6.07) is 4.16. The van der Waals surface area contributed by atoms with Gasteiger partial charge in [-0.15, -0.1) is 0 Å². The fraction of sp³-hybridized carbons (Fsp3) is 0.591. The number of ether oxygens (including phenoxy) is 3. The van der Waals surface area contributed by atoms with Gasteiger partial charge in [0.25, 0.3) is 0 Å². The molecule has 1 N–H and O–H groups in total. The smallest absolute Gasteiger partial charge is 0.303 e. The van der Waals surface area contributed by atoms with Gasteiger partial charge in [0.1, 0.15) is 17.1 Å². The Labute approximate surface area is 162 Å². The van der Waals surface area contributed by atoms with E-state index in [4.69, 9.17) is 19.3 Å². The Balaban J connectivity index is 2.47. The average molecular weight is 376 g/mol. The van der Waals surface area contributed by atoms with Gasteiger partial charge >= 0.3 is 5.97 Å². The van der Waals surface area contributed by atoms with Crippen molar-refractivity contribution in [1.82, 2.24) is 0 Å². The zero-order valence-electron chi connectivity index (χ0n) is 17.2. The van der Waals surface area contributed by atoms with Gasteiger partial charge in [-0.1, -0.05) is 19.8 Å². The van der Waals surface area contributed by atoms with E-state index in [1.54, 1.807) is 7.11 Å². The van der Waals surface area contributed by atoms with Crippen molar-refractivity contribution in [3.63, 3.8) is 0 Å². The van der Waals surface area contributed by atoms with Crippen molar-refractivity contribution in [2.24, 2.45) is 0 Å². The maximum Gasteiger partial charge on any atom is 0.303 e. The van der Waals surface area contributed by atoms with Crippen molar-refractivity contribution in [3.05, 3.63) is 28.8 Å². The molecule has 1 aromatic carbocycles. The third-order valence-corrected chi connectivity index (χ3v) is 5.04. The Morgan fingerprint density at radius 3 is 2.59 bits per heavy atom. The quantitative estimate of drug-likeness (QED) is 0.448. The minimum Gasteiger partial charge on any atom is -0.483 e. The minimum absolute atomic E-state index is 0.0815. The van der Waals surface area contributed by atoms with Crippen LogP contribution in [0.2, 0.25) is 0 Å². The average Bonchev–Trinajstić information content (AvgIpc) is 2.58. The summed E-state index contributed by atoms with van der Waals surface area (Å²) in [7, 11) is 1.60. The molecule has 5 nitrogen and oxygen atoms in total. The normalized spacial score (nSPS) is 15.3. The van der Waals surface area contributed by atoms with E-state index in [-0.39, 0.29) is 13.2 Å². The summed E-state index contributed by atoms with van der Waals surface area (Å²) in [5.41, 5.74) is 3.58. The molecule has 0 aliphatic carbocycles. The fourth-order valence-electron chi connectivity index (χ4n) is 3.71. The maximum atomic E-state index is 11.1. The number of carbonyl (C=O) groups is 1. The second-order valence-corrected chi connectivity index (χ2v) is 7.58. The number of methoxy groups -OCH3 is 1. The predicted octanol–water partition coefficient (Wildman–Crippen LogP) is 5.21. The zero-order chi connectivity index (χ0) is 20.0. The van der Waals surface area contributed by atoms with Crippen LogP contribution in [0.25, 0.3) is 5.57 Å². The van der Waals surface area contributed by atoms with Gasteiger partial charge in [-0.05, 0) is 68.9 Å². The number of aliphatic carboxylic acids is 1. The van der Waals surface area contributed by atoms with E-state index in [2.05, 4.69) is 19.1 Å². The lowest BCUT2D eigenvalue weighted by atomic mass is 9.83. The molecular weight excluding hydrogens is 344 g/mol. The lowest BCUT2D eigenvalue weighted by Crippen LogP contribution is -2.35. The maximum absolute atomic E-state index is 11.1. The van der Waals surface area contributed by atoms with Crippen LogP contribution >= 0.6 is 0 Å². The lowest BCUT2D eigenvalue weighted by Gasteiger charge is -2.37. The molecule has 0 unspecified atom stereocenters. The highest BCUT2D eigenvalue weighted by atomic mass is 16.7. The van der Waals surface area contributed by atoms with Crippen molar-refractivity contribution in [3.8, 4) is 11.5 Å². The van der Waals surface area contributed by atoms with E-state index in [0.717, 1.165) is 41.1 Å². The molecule has 0 saturated carbocycles. The number of aryl methyl sites for hydroxylation is 1. The molecule has 0 saturated heterocycles. The predicted molar refractivity (Wildman–Crippen MR) is 106 cm³/mol. The van der Waals surface area contributed by atoms with Gasteiger partial charge in [0.15, 0.2) is 6.79 Å². The first kappa shape index (κ1) is 21.3. The summed E-state index contributed by atoms with van der Waals surface area (Å²) in [6.07, 6.45) is 5.00. The van der Waals surface area contributed by atoms with E-state index < -0.39 is 11.6 Å². The summed E-state index contributed by atoms with van der Waals surface area (Å²) >= 11 is 0. The van der Waals surface area contributed by atoms with Crippen LogP contribution in [0.3, 0.4) is 0 Å². The fourth-order valence-corrected chi connectivity index (χ4v) is 3.71. The Morgan fingerprint density at radius 2 is 1.96 bits per heavy atom. The van der Waals surface area contributed by atoms with Crippen LogP contribution in [0.4, 0.5) is 0 Å². The molecule has 2 rings (SSSR count). The van der Waals surface area contributed by atoms with Crippen molar-refractivity contribution in [2.75, 3.05) is 13.9 Å². The molecule has 27 heavy (non-hydrogen) atoms. The molecule has 0 radical (unpaired) electrons. The first-order valence-electron chi connectivity index (χ1n) is 9.70. The molecule has 0 amide bonds. The number of unbranched alkanes of at least 4 members (excludes halogenated alkanes) is 2. The highest BCUT2D eigenvalue weighted by molar-refractivity contribution is 5.80. The van der Waals surface area contributed by atoms with Gasteiger partial charge in [-0.3, -0.25) is 4.79 Å². The standard InChI is InChI=1S/C22H32O5/c1-6-7-8-9-16-12-18(26-14-25-5)21-15(2)17(10-11-20(23)24)22(3,4)27-19(21)13-16/h12-13H,6-11,14H2,1-5H3,(H,23,24). The van der Waals surface area contributed by atoms with Gasteiger partial charge in [-0.2, -0.15) is 0 Å². The van der Waals surface area contributed by atoms with E-state index >= 15 is 0 Å². The molecule has 5 heteroatoms. The molecule has 0 aromatic heterocycles. The number of carboxylic acids is 1. The van der Waals surface area contributed by atoms with Gasteiger partial charge < -0.3 is 19.3 Å². The second kappa shape index (κ2) is 9.27. The Bertz CT molecular complexity index is 703. The summed E-state index contributed by atoms with van der Waals surface area (Å²) in [5.74, 6) is 0.734. The van der Waals surface area contributed by atoms with Crippen LogP contribution in [-0.4, -0.2) is 30.6 Å². The van der Waals surface area contributed by atoms with Crippen LogP contribution in [0.5, 0.6) is 11.5 Å². The largest absolute Gasteiger partial charge is 0.483 e. The molecular formula is C22H32O5. The first-order chi connectivity index (χ1) is 12.8. The Morgan fingerprint density at radius 1 is 1.22 bits per heavy atom. The van der Waals surface area contributed by atoms with Crippen LogP contribution in [0, 0.1) is 0 Å². The number of hydrogen-bond acceptors (Lipinski definition) is 4. The molecule has 1 aliphatic rings. The number of fused-ring (bicyclic) bond motifs is 1. The molecule has 1 aliphatic heterocycles. The third-order valence-electron chi connectivity index (χ3n) is 5.04. The van der Waals surface area contributed by atoms with Crippen molar-refractivity contribution in [1.29, 1.82) is 0 Å². The summed E-state index contributed by atoms with van der Waals surface area (Å²) in [5, 5.41) is 9.10. The topological polar surface area (TPSA) is 65.0 Å². The van der Waals surface area contributed by atoms with Gasteiger partial charge in [-0.25, -0.2) is 0 Å². The zero-order valence-corrected chi connectivity index (χ0v) is 17.2. The number of carboxylic acid groups (broad SMARTS) is 1. The van der Waals surface area contributed by atoms with Crippen molar-refractivity contribution >= 4 is 11.5 Å². The van der Waals surface area contributed by atoms with E-state index in [9.17, 15) is 4.79 Å². The van der Waals surface area contributed by atoms with E-state index in [0.29, 0.717) is 6.42 Å². The Kier molecular flexibility index (Phi) is 7.31. The second-order valence-electron chi connectivity index (χ2n) is 7.58. The monoisotopic (exact) mass is 376 g/mol. The van der Waals surface area contributed by atoms with Crippen molar-refractivity contribution in [2.45, 2.75) is 71.8 Å². The number of hydrogen-bond donors (Lipinski definition) is 1. The number of benzene rings is 1. The number of allylic oxidation sites excluding steroid dienone is 1. The highest BCUT2D eigenvalue weighted by Crippen LogP contribution is 2.47. The molecule has 0 fully saturated rings. The number of rotatable bonds is 10. The summed E-state index contributed by atoms with van der Waals surface area (Å²) in [4.78, 5) is 11.1. The van der Waals surface area contributed by atoms with E-state index in [1.807, 2.05) is 20.8 Å². The molecule has 0 bridgehead atoms. The molecule has 1 heterocycles. The van der Waals surface area contributed by atoms with Gasteiger partial charge in [0.05, 0.1) is 5.56 Å². The van der Waals surface area contributed by atoms with Crippen LogP contribution in [0.1, 0.15) is 70.9 Å². The Hall–Kier alpha value is -2.01. The third kappa shape index (κ3) is 5.25.